The molecule has 1 heterocycles. The van der Waals surface area contributed by atoms with Gasteiger partial charge in [-0.25, -0.2) is 4.98 Å². The first-order chi connectivity index (χ1) is 9.56. The number of H-pyrrole nitrogens is 1. The van der Waals surface area contributed by atoms with Crippen LogP contribution in [0.25, 0.3) is 11.0 Å². The van der Waals surface area contributed by atoms with Crippen molar-refractivity contribution in [3.8, 4) is 0 Å². The van der Waals surface area contributed by atoms with Gasteiger partial charge in [0, 0.05) is 18.7 Å². The minimum Gasteiger partial charge on any atom is -0.356 e. The zero-order valence-corrected chi connectivity index (χ0v) is 11.7. The molecule has 0 amide bonds. The van der Waals surface area contributed by atoms with E-state index >= 15 is 0 Å². The molecule has 1 aromatic heterocycles. The van der Waals surface area contributed by atoms with E-state index in [0.29, 0.717) is 11.5 Å². The van der Waals surface area contributed by atoms with E-state index in [1.807, 2.05) is 0 Å². The molecule has 7 heteroatoms. The molecule has 7 nitrogen and oxygen atoms in total. The molecule has 0 aliphatic heterocycles. The smallest absolute Gasteiger partial charge is 0.271 e. The summed E-state index contributed by atoms with van der Waals surface area (Å²) in [6, 6.07) is 4.62. The number of imidazole rings is 1. The van der Waals surface area contributed by atoms with Crippen LogP contribution in [0.5, 0.6) is 0 Å². The average Bonchev–Trinajstić information content (AvgIpc) is 2.79. The van der Waals surface area contributed by atoms with Crippen LogP contribution in [-0.4, -0.2) is 47.0 Å². The molecule has 0 spiro atoms. The number of aromatic amines is 1. The molecule has 0 atom stereocenters. The number of rotatable bonds is 7. The maximum Gasteiger partial charge on any atom is 0.271 e. The van der Waals surface area contributed by atoms with E-state index in [4.69, 9.17) is 0 Å². The van der Waals surface area contributed by atoms with Crippen LogP contribution in [0, 0.1) is 10.1 Å². The van der Waals surface area contributed by atoms with E-state index in [0.717, 1.165) is 31.4 Å². The summed E-state index contributed by atoms with van der Waals surface area (Å²) < 4.78 is 0. The Morgan fingerprint density at radius 3 is 2.90 bits per heavy atom. The summed E-state index contributed by atoms with van der Waals surface area (Å²) in [4.78, 5) is 19.8. The predicted molar refractivity (Wildman–Crippen MR) is 79.0 cm³/mol. The van der Waals surface area contributed by atoms with E-state index in [1.165, 1.54) is 12.1 Å². The van der Waals surface area contributed by atoms with Crippen LogP contribution < -0.4 is 5.32 Å². The van der Waals surface area contributed by atoms with E-state index in [9.17, 15) is 10.1 Å². The van der Waals surface area contributed by atoms with Crippen LogP contribution in [0.4, 0.5) is 11.6 Å². The highest BCUT2D eigenvalue weighted by atomic mass is 16.6. The molecule has 2 aromatic rings. The quantitative estimate of drug-likeness (QED) is 0.460. The number of nitrogens with zero attached hydrogens (tertiary/aromatic N) is 3. The van der Waals surface area contributed by atoms with Crippen molar-refractivity contribution in [1.82, 2.24) is 14.9 Å². The number of aromatic nitrogens is 2. The molecular weight excluding hydrogens is 258 g/mol. The molecule has 0 bridgehead atoms. The zero-order chi connectivity index (χ0) is 14.5. The number of hydrogen-bond donors (Lipinski definition) is 2. The molecule has 20 heavy (non-hydrogen) atoms. The van der Waals surface area contributed by atoms with Crippen molar-refractivity contribution in [2.75, 3.05) is 32.5 Å². The summed E-state index contributed by atoms with van der Waals surface area (Å²) in [5.41, 5.74) is 1.47. The lowest BCUT2D eigenvalue weighted by molar-refractivity contribution is -0.384. The highest BCUT2D eigenvalue weighted by molar-refractivity contribution is 5.79. The second-order valence-electron chi connectivity index (χ2n) is 4.98. The SMILES string of the molecule is CN(C)CCCCNc1nc2ccc([N+](=O)[O-])cc2[nH]1. The first-order valence-electron chi connectivity index (χ1n) is 6.59. The molecule has 0 aliphatic carbocycles. The highest BCUT2D eigenvalue weighted by Gasteiger charge is 2.09. The van der Waals surface area contributed by atoms with Gasteiger partial charge in [-0.3, -0.25) is 10.1 Å². The second-order valence-corrected chi connectivity index (χ2v) is 4.98. The molecule has 0 fully saturated rings. The normalized spacial score (nSPS) is 11.2. The summed E-state index contributed by atoms with van der Waals surface area (Å²) in [6.45, 7) is 1.89. The van der Waals surface area contributed by atoms with Gasteiger partial charge in [0.2, 0.25) is 5.95 Å². The lowest BCUT2D eigenvalue weighted by atomic mass is 10.3. The minimum absolute atomic E-state index is 0.0682. The summed E-state index contributed by atoms with van der Waals surface area (Å²) in [6.07, 6.45) is 2.17. The van der Waals surface area contributed by atoms with Crippen LogP contribution in [0.15, 0.2) is 18.2 Å². The van der Waals surface area contributed by atoms with Gasteiger partial charge in [-0.05, 0) is 39.5 Å². The standard InChI is InChI=1S/C13H19N5O2/c1-17(2)8-4-3-7-14-13-15-11-6-5-10(18(19)20)9-12(11)16-13/h5-6,9H,3-4,7-8H2,1-2H3,(H2,14,15,16). The fourth-order valence-electron chi connectivity index (χ4n) is 1.95. The first kappa shape index (κ1) is 14.3. The van der Waals surface area contributed by atoms with E-state index < -0.39 is 4.92 Å². The molecule has 2 rings (SSSR count). The summed E-state index contributed by atoms with van der Waals surface area (Å²) in [5, 5.41) is 13.9. The molecule has 0 aliphatic rings. The van der Waals surface area contributed by atoms with Gasteiger partial charge in [0.05, 0.1) is 16.0 Å². The van der Waals surface area contributed by atoms with E-state index in [1.54, 1.807) is 6.07 Å². The fourth-order valence-corrected chi connectivity index (χ4v) is 1.95. The molecule has 0 unspecified atom stereocenters. The Morgan fingerprint density at radius 1 is 1.40 bits per heavy atom. The largest absolute Gasteiger partial charge is 0.356 e. The number of unbranched alkanes of at least 4 members (excludes halogenated alkanes) is 1. The van der Waals surface area contributed by atoms with Gasteiger partial charge in [0.25, 0.3) is 5.69 Å². The molecule has 1 aromatic carbocycles. The summed E-state index contributed by atoms with van der Waals surface area (Å²) in [5.74, 6) is 0.658. The average molecular weight is 277 g/mol. The number of benzene rings is 1. The van der Waals surface area contributed by atoms with Gasteiger partial charge < -0.3 is 15.2 Å². The third-order valence-electron chi connectivity index (χ3n) is 3.00. The molecule has 0 radical (unpaired) electrons. The first-order valence-corrected chi connectivity index (χ1v) is 6.59. The highest BCUT2D eigenvalue weighted by Crippen LogP contribution is 2.20. The lowest BCUT2D eigenvalue weighted by Gasteiger charge is -2.08. The Morgan fingerprint density at radius 2 is 2.20 bits per heavy atom. The maximum absolute atomic E-state index is 10.7. The van der Waals surface area contributed by atoms with Gasteiger partial charge in [-0.2, -0.15) is 0 Å². The van der Waals surface area contributed by atoms with Crippen LogP contribution >= 0.6 is 0 Å². The number of anilines is 1. The second kappa shape index (κ2) is 6.33. The lowest BCUT2D eigenvalue weighted by Crippen LogP contribution is -2.14. The van der Waals surface area contributed by atoms with Crippen LogP contribution in [0.1, 0.15) is 12.8 Å². The van der Waals surface area contributed by atoms with Gasteiger partial charge in [-0.1, -0.05) is 0 Å². The third kappa shape index (κ3) is 3.67. The van der Waals surface area contributed by atoms with Crippen molar-refractivity contribution in [3.05, 3.63) is 28.3 Å². The van der Waals surface area contributed by atoms with Gasteiger partial charge >= 0.3 is 0 Å². The van der Waals surface area contributed by atoms with Crippen molar-refractivity contribution >= 4 is 22.7 Å². The van der Waals surface area contributed by atoms with E-state index in [-0.39, 0.29) is 5.69 Å². The fraction of sp³-hybridized carbons (Fsp3) is 0.462. The Labute approximate surface area is 117 Å². The Hall–Kier alpha value is -2.15. The molecule has 0 saturated carbocycles. The number of nitro benzene ring substituents is 1. The number of fused-ring (bicyclic) bond motifs is 1. The molecule has 0 saturated heterocycles. The molecule has 108 valence electrons. The molecular formula is C13H19N5O2. The summed E-state index contributed by atoms with van der Waals surface area (Å²) >= 11 is 0. The monoisotopic (exact) mass is 277 g/mol. The van der Waals surface area contributed by atoms with Gasteiger partial charge in [0.1, 0.15) is 0 Å². The van der Waals surface area contributed by atoms with Crippen molar-refractivity contribution < 1.29 is 4.92 Å². The Bertz CT molecular complexity index is 593. The Kier molecular flexibility index (Phi) is 4.52. The van der Waals surface area contributed by atoms with Crippen molar-refractivity contribution in [2.45, 2.75) is 12.8 Å². The Balaban J connectivity index is 1.93. The van der Waals surface area contributed by atoms with Crippen LogP contribution in [-0.2, 0) is 0 Å². The maximum atomic E-state index is 10.7. The van der Waals surface area contributed by atoms with Crippen LogP contribution in [0.2, 0.25) is 0 Å². The van der Waals surface area contributed by atoms with Crippen molar-refractivity contribution in [3.63, 3.8) is 0 Å². The predicted octanol–water partition coefficient (Wildman–Crippen LogP) is 2.22. The minimum atomic E-state index is -0.408. The van der Waals surface area contributed by atoms with E-state index in [2.05, 4.69) is 34.3 Å². The summed E-state index contributed by atoms with van der Waals surface area (Å²) in [7, 11) is 4.11. The number of nitro groups is 1. The number of non-ortho nitro benzene ring substituents is 1. The molecule has 2 N–H and O–H groups in total. The number of nitrogens with one attached hydrogen (secondary N) is 2. The topological polar surface area (TPSA) is 87.1 Å². The van der Waals surface area contributed by atoms with Gasteiger partial charge in [-0.15, -0.1) is 0 Å². The van der Waals surface area contributed by atoms with Gasteiger partial charge in [0.15, 0.2) is 0 Å². The zero-order valence-electron chi connectivity index (χ0n) is 11.7. The number of hydrogen-bond acceptors (Lipinski definition) is 5. The third-order valence-corrected chi connectivity index (χ3v) is 3.00. The van der Waals surface area contributed by atoms with Crippen molar-refractivity contribution in [1.29, 1.82) is 0 Å². The van der Waals surface area contributed by atoms with Crippen molar-refractivity contribution in [2.24, 2.45) is 0 Å². The van der Waals surface area contributed by atoms with Crippen LogP contribution in [0.3, 0.4) is 0 Å².